The van der Waals surface area contributed by atoms with Gasteiger partial charge in [0.1, 0.15) is 5.78 Å². The van der Waals surface area contributed by atoms with Gasteiger partial charge in [-0.3, -0.25) is 9.59 Å². The minimum absolute atomic E-state index is 0.0243. The molecule has 0 radical (unpaired) electrons. The summed E-state index contributed by atoms with van der Waals surface area (Å²) in [4.78, 5) is 37.3. The normalized spacial score (nSPS) is 22.7. The molecule has 150 valence electrons. The van der Waals surface area contributed by atoms with Crippen LogP contribution in [-0.2, 0) is 4.79 Å². The van der Waals surface area contributed by atoms with Crippen molar-refractivity contribution in [2.24, 2.45) is 11.8 Å². The molecule has 0 aromatic heterocycles. The highest BCUT2D eigenvalue weighted by Crippen LogP contribution is 2.59. The van der Waals surface area contributed by atoms with Gasteiger partial charge in [0.2, 0.25) is 0 Å². The summed E-state index contributed by atoms with van der Waals surface area (Å²) >= 11 is 0. The van der Waals surface area contributed by atoms with Crippen molar-refractivity contribution in [2.45, 2.75) is 18.8 Å². The van der Waals surface area contributed by atoms with E-state index in [2.05, 4.69) is 0 Å². The van der Waals surface area contributed by atoms with E-state index in [1.807, 2.05) is 48.5 Å². The monoisotopic (exact) mass is 398 g/mol. The molecule has 4 atom stereocenters. The Bertz CT molecular complexity index is 1070. The summed E-state index contributed by atoms with van der Waals surface area (Å²) in [5.74, 6) is -2.26. The van der Waals surface area contributed by atoms with Crippen LogP contribution in [-0.4, -0.2) is 22.6 Å². The summed E-state index contributed by atoms with van der Waals surface area (Å²) in [7, 11) is 0. The summed E-state index contributed by atoms with van der Waals surface area (Å²) in [6, 6.07) is 25.5. The van der Waals surface area contributed by atoms with Gasteiger partial charge in [-0.25, -0.2) is 4.79 Å². The van der Waals surface area contributed by atoms with E-state index in [4.69, 9.17) is 0 Å². The van der Waals surface area contributed by atoms with Gasteiger partial charge in [0.05, 0.1) is 5.56 Å². The molecule has 1 N–H and O–H groups in total. The molecule has 1 aliphatic carbocycles. The molecule has 3 aromatic rings. The van der Waals surface area contributed by atoms with Gasteiger partial charge < -0.3 is 5.11 Å². The maximum atomic E-state index is 13.4. The third kappa shape index (κ3) is 3.45. The SMILES string of the molecule is CC(=O)[C@@H]1C(C(=O)c2ccccc2)[C@@H](c2ccccc2)[C@H]1c1ccc(C(=O)O)cc1. The van der Waals surface area contributed by atoms with Crippen molar-refractivity contribution in [3.63, 3.8) is 0 Å². The summed E-state index contributed by atoms with van der Waals surface area (Å²) in [5, 5.41) is 9.20. The first kappa shape index (κ1) is 19.8. The standard InChI is InChI=1S/C26H22O4/c1-16(27)21-22(18-12-14-20(15-13-18)26(29)30)23(17-8-4-2-5-9-17)24(21)25(28)19-10-6-3-7-11-19/h2-15,21-24H,1H3,(H,29,30)/t21-,22-,23-,24?/m0/s1. The minimum atomic E-state index is -0.991. The summed E-state index contributed by atoms with van der Waals surface area (Å²) in [5.41, 5.74) is 2.70. The zero-order chi connectivity index (χ0) is 21.3. The van der Waals surface area contributed by atoms with Crippen LogP contribution in [0.1, 0.15) is 50.6 Å². The fourth-order valence-electron chi connectivity index (χ4n) is 4.73. The zero-order valence-corrected chi connectivity index (χ0v) is 16.6. The van der Waals surface area contributed by atoms with Gasteiger partial charge in [-0.1, -0.05) is 72.8 Å². The van der Waals surface area contributed by atoms with Gasteiger partial charge in [0.25, 0.3) is 0 Å². The van der Waals surface area contributed by atoms with E-state index in [-0.39, 0.29) is 29.0 Å². The molecule has 0 amide bonds. The van der Waals surface area contributed by atoms with Gasteiger partial charge in [0.15, 0.2) is 5.78 Å². The van der Waals surface area contributed by atoms with Crippen molar-refractivity contribution in [2.75, 3.05) is 0 Å². The number of Topliss-reactive ketones (excluding diaryl/α,β-unsaturated/α-hetero) is 2. The van der Waals surface area contributed by atoms with E-state index in [1.165, 1.54) is 6.92 Å². The van der Waals surface area contributed by atoms with E-state index in [0.717, 1.165) is 11.1 Å². The average Bonchev–Trinajstić information content (AvgIpc) is 2.74. The number of carbonyl (C=O) groups excluding carboxylic acids is 2. The Kier molecular flexibility index (Phi) is 5.32. The van der Waals surface area contributed by atoms with Crippen molar-refractivity contribution < 1.29 is 19.5 Å². The van der Waals surface area contributed by atoms with Crippen LogP contribution in [0.15, 0.2) is 84.9 Å². The molecule has 1 fully saturated rings. The van der Waals surface area contributed by atoms with Crippen LogP contribution in [0.3, 0.4) is 0 Å². The van der Waals surface area contributed by atoms with Crippen molar-refractivity contribution in [3.8, 4) is 0 Å². The van der Waals surface area contributed by atoms with Gasteiger partial charge in [0, 0.05) is 29.2 Å². The van der Waals surface area contributed by atoms with Crippen molar-refractivity contribution in [3.05, 3.63) is 107 Å². The third-order valence-electron chi connectivity index (χ3n) is 6.11. The van der Waals surface area contributed by atoms with Crippen LogP contribution in [0.5, 0.6) is 0 Å². The number of carbonyl (C=O) groups is 3. The first-order valence-electron chi connectivity index (χ1n) is 9.97. The predicted molar refractivity (Wildman–Crippen MR) is 114 cm³/mol. The van der Waals surface area contributed by atoms with Gasteiger partial charge in [-0.05, 0) is 30.2 Å². The molecule has 4 nitrogen and oxygen atoms in total. The van der Waals surface area contributed by atoms with Crippen LogP contribution < -0.4 is 0 Å². The molecule has 30 heavy (non-hydrogen) atoms. The highest BCUT2D eigenvalue weighted by Gasteiger charge is 2.56. The zero-order valence-electron chi connectivity index (χ0n) is 16.6. The predicted octanol–water partition coefficient (Wildman–Crippen LogP) is 4.97. The maximum absolute atomic E-state index is 13.4. The van der Waals surface area contributed by atoms with E-state index in [0.29, 0.717) is 5.56 Å². The lowest BCUT2D eigenvalue weighted by Gasteiger charge is -2.51. The second-order valence-corrected chi connectivity index (χ2v) is 7.78. The maximum Gasteiger partial charge on any atom is 0.335 e. The number of aromatic carboxylic acids is 1. The molecule has 4 heteroatoms. The molecule has 1 saturated carbocycles. The number of carboxylic acid groups (broad SMARTS) is 1. The largest absolute Gasteiger partial charge is 0.478 e. The van der Waals surface area contributed by atoms with Gasteiger partial charge in [-0.15, -0.1) is 0 Å². The molecule has 0 spiro atoms. The second-order valence-electron chi connectivity index (χ2n) is 7.78. The Morgan fingerprint density at radius 2 is 1.13 bits per heavy atom. The molecule has 0 heterocycles. The fraction of sp³-hybridized carbons (Fsp3) is 0.192. The number of rotatable bonds is 6. The Morgan fingerprint density at radius 1 is 0.633 bits per heavy atom. The molecular weight excluding hydrogens is 376 g/mol. The lowest BCUT2D eigenvalue weighted by Crippen LogP contribution is -2.50. The smallest absolute Gasteiger partial charge is 0.335 e. The van der Waals surface area contributed by atoms with Crippen molar-refractivity contribution in [1.82, 2.24) is 0 Å². The molecule has 4 rings (SSSR count). The van der Waals surface area contributed by atoms with E-state index < -0.39 is 17.8 Å². The summed E-state index contributed by atoms with van der Waals surface area (Å²) < 4.78 is 0. The molecule has 0 aliphatic heterocycles. The molecule has 3 aromatic carbocycles. The van der Waals surface area contributed by atoms with Crippen LogP contribution in [0.4, 0.5) is 0 Å². The molecule has 0 saturated heterocycles. The Morgan fingerprint density at radius 3 is 1.67 bits per heavy atom. The van der Waals surface area contributed by atoms with Crippen molar-refractivity contribution in [1.29, 1.82) is 0 Å². The average molecular weight is 398 g/mol. The Labute approximate surface area is 175 Å². The van der Waals surface area contributed by atoms with E-state index >= 15 is 0 Å². The number of hydrogen-bond acceptors (Lipinski definition) is 3. The molecule has 0 bridgehead atoms. The third-order valence-corrected chi connectivity index (χ3v) is 6.11. The highest BCUT2D eigenvalue weighted by molar-refractivity contribution is 6.03. The molecule has 1 unspecified atom stereocenters. The fourth-order valence-corrected chi connectivity index (χ4v) is 4.73. The number of carboxylic acids is 1. The lowest BCUT2D eigenvalue weighted by atomic mass is 9.50. The molecular formula is C26H22O4. The lowest BCUT2D eigenvalue weighted by molar-refractivity contribution is -0.127. The van der Waals surface area contributed by atoms with Crippen LogP contribution >= 0.6 is 0 Å². The number of hydrogen-bond donors (Lipinski definition) is 1. The van der Waals surface area contributed by atoms with Crippen LogP contribution in [0.2, 0.25) is 0 Å². The number of benzene rings is 3. The minimum Gasteiger partial charge on any atom is -0.478 e. The van der Waals surface area contributed by atoms with E-state index in [1.54, 1.807) is 36.4 Å². The van der Waals surface area contributed by atoms with E-state index in [9.17, 15) is 19.5 Å². The second kappa shape index (κ2) is 8.07. The van der Waals surface area contributed by atoms with Crippen LogP contribution in [0.25, 0.3) is 0 Å². The Hall–Kier alpha value is -3.53. The van der Waals surface area contributed by atoms with Gasteiger partial charge in [-0.2, -0.15) is 0 Å². The molecule has 1 aliphatic rings. The Balaban J connectivity index is 1.79. The highest BCUT2D eigenvalue weighted by atomic mass is 16.4. The number of ketones is 2. The summed E-state index contributed by atoms with van der Waals surface area (Å²) in [6.45, 7) is 1.54. The first-order valence-corrected chi connectivity index (χ1v) is 9.97. The van der Waals surface area contributed by atoms with Gasteiger partial charge >= 0.3 is 5.97 Å². The quantitative estimate of drug-likeness (QED) is 0.595. The summed E-state index contributed by atoms with van der Waals surface area (Å²) in [6.07, 6.45) is 0. The van der Waals surface area contributed by atoms with Crippen molar-refractivity contribution >= 4 is 17.5 Å². The first-order chi connectivity index (χ1) is 14.5. The van der Waals surface area contributed by atoms with Crippen LogP contribution in [0, 0.1) is 11.8 Å². The topological polar surface area (TPSA) is 71.4 Å².